The van der Waals surface area contributed by atoms with Gasteiger partial charge in [-0.15, -0.1) is 0 Å². The molecule has 0 unspecified atom stereocenters. The Bertz CT molecular complexity index is 754. The Kier molecular flexibility index (Phi) is 7.36. The fourth-order valence-electron chi connectivity index (χ4n) is 3.11. The summed E-state index contributed by atoms with van der Waals surface area (Å²) in [5.74, 6) is -0.319. The van der Waals surface area contributed by atoms with E-state index in [1.165, 1.54) is 0 Å². The maximum atomic E-state index is 12.3. The van der Waals surface area contributed by atoms with Crippen LogP contribution in [-0.2, 0) is 14.1 Å². The summed E-state index contributed by atoms with van der Waals surface area (Å²) in [5.41, 5.74) is 0. The third-order valence-electron chi connectivity index (χ3n) is 4.50. The Morgan fingerprint density at radius 1 is 0.750 bits per heavy atom. The van der Waals surface area contributed by atoms with Crippen molar-refractivity contribution in [2.45, 2.75) is 19.8 Å². The van der Waals surface area contributed by atoms with E-state index in [-0.39, 0.29) is 12.6 Å². The van der Waals surface area contributed by atoms with Crippen molar-refractivity contribution in [3.8, 4) is 0 Å². The van der Waals surface area contributed by atoms with Crippen molar-refractivity contribution in [3.63, 3.8) is 0 Å². The van der Waals surface area contributed by atoms with Gasteiger partial charge in [0.1, 0.15) is 15.9 Å². The molecule has 0 radical (unpaired) electrons. The van der Waals surface area contributed by atoms with Crippen LogP contribution in [0.2, 0.25) is 0 Å². The molecule has 0 N–H and O–H groups in total. The third-order valence-corrected chi connectivity index (χ3v) is 8.09. The minimum atomic E-state index is -2.45. The summed E-state index contributed by atoms with van der Waals surface area (Å²) in [5, 5.41) is 3.23. The van der Waals surface area contributed by atoms with Crippen LogP contribution in [0, 0.1) is 0 Å². The van der Waals surface area contributed by atoms with E-state index < -0.39 is 7.49 Å². The first-order valence-corrected chi connectivity index (χ1v) is 11.3. The first-order chi connectivity index (χ1) is 13.8. The molecule has 0 aliphatic heterocycles. The number of benzene rings is 3. The van der Waals surface area contributed by atoms with E-state index in [2.05, 4.69) is 43.3 Å². The van der Waals surface area contributed by atoms with Crippen molar-refractivity contribution in [2.24, 2.45) is 0 Å². The summed E-state index contributed by atoms with van der Waals surface area (Å²) in [6, 6.07) is 30.5. The van der Waals surface area contributed by atoms with E-state index in [0.717, 1.165) is 28.8 Å². The number of unbranched alkanes of at least 4 members (excludes halogenated alkanes) is 1. The van der Waals surface area contributed by atoms with Crippen LogP contribution in [-0.4, -0.2) is 19.2 Å². The number of hydrogen-bond acceptors (Lipinski definition) is 3. The zero-order valence-corrected chi connectivity index (χ0v) is 17.1. The van der Waals surface area contributed by atoms with Gasteiger partial charge in [-0.1, -0.05) is 67.9 Å². The highest BCUT2D eigenvalue weighted by atomic mass is 31.2. The zero-order chi connectivity index (χ0) is 19.7. The second-order valence-corrected chi connectivity index (χ2v) is 9.49. The summed E-state index contributed by atoms with van der Waals surface area (Å²) in [7, 11) is -2.45. The molecule has 0 aliphatic rings. The Morgan fingerprint density at radius 3 is 1.57 bits per heavy atom. The van der Waals surface area contributed by atoms with Crippen LogP contribution in [0.3, 0.4) is 0 Å². The first-order valence-electron chi connectivity index (χ1n) is 9.63. The summed E-state index contributed by atoms with van der Waals surface area (Å²) < 4.78 is 11.9. The van der Waals surface area contributed by atoms with Crippen molar-refractivity contribution in [1.29, 1.82) is 0 Å². The van der Waals surface area contributed by atoms with Crippen LogP contribution in [0.1, 0.15) is 19.8 Å². The number of hydrogen-bond donors (Lipinski definition) is 0. The molecule has 0 saturated heterocycles. The fourth-order valence-corrected chi connectivity index (χ4v) is 6.52. The van der Waals surface area contributed by atoms with E-state index in [1.807, 2.05) is 54.6 Å². The molecule has 0 amide bonds. The molecule has 4 heteroatoms. The second-order valence-electron chi connectivity index (χ2n) is 6.46. The molecule has 144 valence electrons. The molecule has 3 rings (SSSR count). The van der Waals surface area contributed by atoms with Gasteiger partial charge in [0.25, 0.3) is 0 Å². The van der Waals surface area contributed by atoms with E-state index in [0.29, 0.717) is 6.61 Å². The fraction of sp³-hybridized carbons (Fsp3) is 0.208. The molecule has 0 aromatic heterocycles. The second kappa shape index (κ2) is 10.2. The smallest absolute Gasteiger partial charge is 0.336 e. The summed E-state index contributed by atoms with van der Waals surface area (Å²) >= 11 is 0. The average Bonchev–Trinajstić information content (AvgIpc) is 2.77. The first kappa shape index (κ1) is 20.3. The van der Waals surface area contributed by atoms with Crippen LogP contribution in [0.4, 0.5) is 0 Å². The van der Waals surface area contributed by atoms with E-state index in [9.17, 15) is 4.79 Å². The minimum Gasteiger partial charge on any atom is -0.464 e. The summed E-state index contributed by atoms with van der Waals surface area (Å²) in [6.45, 7) is 2.43. The van der Waals surface area contributed by atoms with E-state index >= 15 is 0 Å². The molecular weight excluding hydrogens is 367 g/mol. The quantitative estimate of drug-likeness (QED) is 0.310. The largest absolute Gasteiger partial charge is 0.464 e. The molecule has 0 aliphatic carbocycles. The highest BCUT2D eigenvalue weighted by molar-refractivity contribution is 7.91. The van der Waals surface area contributed by atoms with Gasteiger partial charge < -0.3 is 4.74 Å². The van der Waals surface area contributed by atoms with Crippen LogP contribution in [0.25, 0.3) is 0 Å². The Balaban J connectivity index is 2.03. The van der Waals surface area contributed by atoms with Crippen LogP contribution < -0.4 is 15.9 Å². The predicted molar refractivity (Wildman–Crippen MR) is 117 cm³/mol. The molecule has 0 fully saturated rings. The highest BCUT2D eigenvalue weighted by Gasteiger charge is 2.48. The number of esters is 1. The summed E-state index contributed by atoms with van der Waals surface area (Å²) in [6.07, 6.45) is 1.85. The van der Waals surface area contributed by atoms with Gasteiger partial charge in [-0.05, 0) is 42.8 Å². The van der Waals surface area contributed by atoms with Crippen molar-refractivity contribution in [3.05, 3.63) is 91.0 Å². The molecule has 0 spiro atoms. The lowest BCUT2D eigenvalue weighted by Gasteiger charge is -2.25. The van der Waals surface area contributed by atoms with Gasteiger partial charge in [-0.25, -0.2) is 9.32 Å². The molecule has 0 saturated carbocycles. The molecule has 3 nitrogen and oxygen atoms in total. The van der Waals surface area contributed by atoms with Gasteiger partial charge in [0, 0.05) is 0 Å². The lowest BCUT2D eigenvalue weighted by Crippen LogP contribution is -2.34. The molecule has 0 bridgehead atoms. The lowest BCUT2D eigenvalue weighted by molar-refractivity contribution is -0.145. The van der Waals surface area contributed by atoms with Crippen LogP contribution in [0.5, 0.6) is 0 Å². The van der Waals surface area contributed by atoms with Crippen molar-refractivity contribution >= 4 is 29.4 Å². The SMILES string of the molecule is CCCCOC(=O)CO[P+](c1ccccc1)(c1ccccc1)c1ccccc1. The van der Waals surface area contributed by atoms with Gasteiger partial charge in [0.15, 0.2) is 6.61 Å². The maximum Gasteiger partial charge on any atom is 0.336 e. The number of carbonyl (C=O) groups excluding carboxylic acids is 1. The molecule has 3 aromatic carbocycles. The van der Waals surface area contributed by atoms with E-state index in [4.69, 9.17) is 9.26 Å². The average molecular weight is 393 g/mol. The molecule has 3 aromatic rings. The van der Waals surface area contributed by atoms with Gasteiger partial charge in [0.05, 0.1) is 6.61 Å². The van der Waals surface area contributed by atoms with Crippen LogP contribution in [0.15, 0.2) is 91.0 Å². The van der Waals surface area contributed by atoms with Gasteiger partial charge in [-0.3, -0.25) is 0 Å². The molecule has 28 heavy (non-hydrogen) atoms. The van der Waals surface area contributed by atoms with Crippen molar-refractivity contribution in [2.75, 3.05) is 13.2 Å². The third kappa shape index (κ3) is 4.67. The Morgan fingerprint density at radius 2 is 1.18 bits per heavy atom. The molecule has 0 atom stereocenters. The number of rotatable bonds is 9. The van der Waals surface area contributed by atoms with Gasteiger partial charge in [-0.2, -0.15) is 0 Å². The Labute approximate surface area is 167 Å². The molecule has 0 heterocycles. The van der Waals surface area contributed by atoms with Gasteiger partial charge in [0.2, 0.25) is 7.49 Å². The standard InChI is InChI=1S/C24H26O3P/c1-2-3-19-26-24(25)20-27-28(21-13-7-4-8-14-21,22-15-9-5-10-16-22)23-17-11-6-12-18-23/h4-18H,2-3,19-20H2,1H3/q+1. The van der Waals surface area contributed by atoms with Crippen molar-refractivity contribution < 1.29 is 14.1 Å². The number of carbonyl (C=O) groups is 1. The summed E-state index contributed by atoms with van der Waals surface area (Å²) in [4.78, 5) is 12.3. The minimum absolute atomic E-state index is 0.0732. The molecular formula is C24H26O3P+. The van der Waals surface area contributed by atoms with Crippen molar-refractivity contribution in [1.82, 2.24) is 0 Å². The zero-order valence-electron chi connectivity index (χ0n) is 16.2. The highest BCUT2D eigenvalue weighted by Crippen LogP contribution is 2.56. The lowest BCUT2D eigenvalue weighted by atomic mass is 10.4. The monoisotopic (exact) mass is 393 g/mol. The Hall–Kier alpha value is -2.48. The maximum absolute atomic E-state index is 12.3. The number of ether oxygens (including phenoxy) is 1. The topological polar surface area (TPSA) is 35.5 Å². The predicted octanol–water partition coefficient (Wildman–Crippen LogP) is 4.26. The normalized spacial score (nSPS) is 11.2. The van der Waals surface area contributed by atoms with Gasteiger partial charge >= 0.3 is 5.97 Å². The van der Waals surface area contributed by atoms with Crippen LogP contribution >= 0.6 is 7.49 Å². The van der Waals surface area contributed by atoms with E-state index in [1.54, 1.807) is 0 Å².